The Morgan fingerprint density at radius 3 is 2.72 bits per heavy atom. The van der Waals surface area contributed by atoms with Crippen molar-refractivity contribution >= 4 is 51.4 Å². The van der Waals surface area contributed by atoms with E-state index in [9.17, 15) is 4.79 Å². The van der Waals surface area contributed by atoms with Crippen LogP contribution in [0.3, 0.4) is 0 Å². The SMILES string of the molecule is N=C1C(=Cc2ccc(Cl)cc2)C(=O)N=C2SC(c3cccnc3)=NN12. The average molecular weight is 368 g/mol. The zero-order valence-corrected chi connectivity index (χ0v) is 14.3. The molecule has 0 atom stereocenters. The molecule has 1 amide bonds. The predicted molar refractivity (Wildman–Crippen MR) is 99.8 cm³/mol. The number of hydrogen-bond acceptors (Lipinski definition) is 5. The van der Waals surface area contributed by atoms with E-state index in [0.29, 0.717) is 15.2 Å². The molecule has 1 aromatic carbocycles. The predicted octanol–water partition coefficient (Wildman–Crippen LogP) is 3.40. The highest BCUT2D eigenvalue weighted by Crippen LogP contribution is 2.30. The van der Waals surface area contributed by atoms with Crippen LogP contribution in [0.1, 0.15) is 11.1 Å². The number of carbonyl (C=O) groups is 1. The van der Waals surface area contributed by atoms with Gasteiger partial charge in [-0.1, -0.05) is 23.7 Å². The third kappa shape index (κ3) is 2.99. The Morgan fingerprint density at radius 2 is 2.00 bits per heavy atom. The monoisotopic (exact) mass is 367 g/mol. The third-order valence-corrected chi connectivity index (χ3v) is 4.75. The van der Waals surface area contributed by atoms with Crippen LogP contribution in [0, 0.1) is 5.41 Å². The smallest absolute Gasteiger partial charge is 0.282 e. The molecule has 4 rings (SSSR count). The first kappa shape index (κ1) is 15.7. The van der Waals surface area contributed by atoms with E-state index >= 15 is 0 Å². The fourth-order valence-electron chi connectivity index (χ4n) is 2.32. The highest BCUT2D eigenvalue weighted by atomic mass is 35.5. The molecule has 6 nitrogen and oxygen atoms in total. The molecule has 0 fully saturated rings. The second kappa shape index (κ2) is 6.27. The molecule has 3 heterocycles. The maximum absolute atomic E-state index is 12.3. The van der Waals surface area contributed by atoms with Gasteiger partial charge in [-0.05, 0) is 47.7 Å². The molecule has 0 saturated heterocycles. The number of rotatable bonds is 2. The standard InChI is InChI=1S/C17H10ClN5OS/c18-12-5-3-10(4-6-12)8-13-14(19)23-17(21-15(13)24)25-16(22-23)11-2-1-7-20-9-11/h1-9,19H. The second-order valence-electron chi connectivity index (χ2n) is 5.22. The van der Waals surface area contributed by atoms with Gasteiger partial charge in [-0.15, -0.1) is 0 Å². The number of benzene rings is 1. The van der Waals surface area contributed by atoms with Gasteiger partial charge in [0.05, 0.1) is 5.57 Å². The number of nitrogens with zero attached hydrogens (tertiary/aromatic N) is 4. The minimum atomic E-state index is -0.457. The fourth-order valence-corrected chi connectivity index (χ4v) is 3.33. The molecule has 8 heteroatoms. The lowest BCUT2D eigenvalue weighted by atomic mass is 10.1. The minimum Gasteiger partial charge on any atom is -0.282 e. The molecule has 0 bridgehead atoms. The van der Waals surface area contributed by atoms with Gasteiger partial charge in [0, 0.05) is 23.0 Å². The van der Waals surface area contributed by atoms with Crippen molar-refractivity contribution in [1.29, 1.82) is 5.41 Å². The number of pyridine rings is 1. The minimum absolute atomic E-state index is 0.00339. The molecule has 2 aliphatic heterocycles. The summed E-state index contributed by atoms with van der Waals surface area (Å²) in [6.07, 6.45) is 4.97. The molecule has 122 valence electrons. The van der Waals surface area contributed by atoms with Crippen LogP contribution < -0.4 is 0 Å². The summed E-state index contributed by atoms with van der Waals surface area (Å²) in [5.74, 6) is -0.460. The number of thioether (sulfide) groups is 1. The van der Waals surface area contributed by atoms with Gasteiger partial charge in [0.15, 0.2) is 5.84 Å². The lowest BCUT2D eigenvalue weighted by Crippen LogP contribution is -2.35. The molecular formula is C17H10ClN5OS. The Morgan fingerprint density at radius 1 is 1.20 bits per heavy atom. The molecule has 2 aromatic rings. The summed E-state index contributed by atoms with van der Waals surface area (Å²) in [4.78, 5) is 20.5. The van der Waals surface area contributed by atoms with Crippen molar-refractivity contribution in [2.24, 2.45) is 10.1 Å². The van der Waals surface area contributed by atoms with Crippen LogP contribution in [0.25, 0.3) is 6.08 Å². The van der Waals surface area contributed by atoms with Crippen LogP contribution in [-0.2, 0) is 4.79 Å². The summed E-state index contributed by atoms with van der Waals surface area (Å²) in [5.41, 5.74) is 1.76. The zero-order chi connectivity index (χ0) is 17.4. The van der Waals surface area contributed by atoms with Gasteiger partial charge >= 0.3 is 0 Å². The molecule has 0 unspecified atom stereocenters. The number of carbonyl (C=O) groups excluding carboxylic acids is 1. The van der Waals surface area contributed by atoms with Gasteiger partial charge in [0.1, 0.15) is 5.04 Å². The summed E-state index contributed by atoms with van der Waals surface area (Å²) in [5, 5.41) is 15.8. The number of nitrogens with one attached hydrogen (secondary N) is 1. The van der Waals surface area contributed by atoms with Gasteiger partial charge in [0.2, 0.25) is 5.17 Å². The lowest BCUT2D eigenvalue weighted by molar-refractivity contribution is -0.114. The molecule has 0 saturated carbocycles. The van der Waals surface area contributed by atoms with E-state index in [-0.39, 0.29) is 11.4 Å². The van der Waals surface area contributed by atoms with E-state index in [4.69, 9.17) is 17.0 Å². The van der Waals surface area contributed by atoms with E-state index in [1.54, 1.807) is 48.8 Å². The maximum Gasteiger partial charge on any atom is 0.283 e. The Balaban J connectivity index is 1.69. The van der Waals surface area contributed by atoms with Gasteiger partial charge in [-0.2, -0.15) is 15.1 Å². The van der Waals surface area contributed by atoms with Crippen molar-refractivity contribution in [3.05, 3.63) is 70.5 Å². The third-order valence-electron chi connectivity index (χ3n) is 3.54. The Kier molecular flexibility index (Phi) is 3.95. The molecule has 25 heavy (non-hydrogen) atoms. The van der Waals surface area contributed by atoms with Crippen LogP contribution >= 0.6 is 23.4 Å². The van der Waals surface area contributed by atoms with Crippen LogP contribution in [0.2, 0.25) is 5.02 Å². The topological polar surface area (TPSA) is 81.8 Å². The first-order chi connectivity index (χ1) is 12.1. The van der Waals surface area contributed by atoms with Crippen molar-refractivity contribution in [1.82, 2.24) is 9.99 Å². The van der Waals surface area contributed by atoms with Crippen LogP contribution in [-0.4, -0.2) is 31.9 Å². The van der Waals surface area contributed by atoms with Gasteiger partial charge in [0.25, 0.3) is 5.91 Å². The zero-order valence-electron chi connectivity index (χ0n) is 12.7. The lowest BCUT2D eigenvalue weighted by Gasteiger charge is -2.20. The number of aromatic nitrogens is 1. The van der Waals surface area contributed by atoms with Crippen molar-refractivity contribution < 1.29 is 4.79 Å². The molecule has 2 aliphatic rings. The Labute approximate surface area is 152 Å². The summed E-state index contributed by atoms with van der Waals surface area (Å²) in [7, 11) is 0. The summed E-state index contributed by atoms with van der Waals surface area (Å²) < 4.78 is 0. The fraction of sp³-hybridized carbons (Fsp3) is 0. The first-order valence-electron chi connectivity index (χ1n) is 7.28. The molecular weight excluding hydrogens is 358 g/mol. The van der Waals surface area contributed by atoms with Crippen LogP contribution in [0.5, 0.6) is 0 Å². The Hall–Kier alpha value is -2.77. The van der Waals surface area contributed by atoms with E-state index in [0.717, 1.165) is 11.1 Å². The second-order valence-corrected chi connectivity index (χ2v) is 6.61. The largest absolute Gasteiger partial charge is 0.283 e. The van der Waals surface area contributed by atoms with E-state index in [1.165, 1.54) is 16.8 Å². The van der Waals surface area contributed by atoms with Crippen LogP contribution in [0.15, 0.2) is 64.5 Å². The van der Waals surface area contributed by atoms with Gasteiger partial charge < -0.3 is 0 Å². The van der Waals surface area contributed by atoms with Gasteiger partial charge in [-0.25, -0.2) is 0 Å². The maximum atomic E-state index is 12.3. The number of fused-ring (bicyclic) bond motifs is 1. The number of hydrogen-bond donors (Lipinski definition) is 1. The number of amides is 1. The number of halogens is 1. The number of aliphatic imine (C=N–C) groups is 1. The number of hydrazone groups is 1. The molecule has 1 N–H and O–H groups in total. The molecule has 0 spiro atoms. The molecule has 1 aromatic heterocycles. The summed E-state index contributed by atoms with van der Waals surface area (Å²) in [6.45, 7) is 0. The van der Waals surface area contributed by atoms with Crippen molar-refractivity contribution in [3.63, 3.8) is 0 Å². The summed E-state index contributed by atoms with van der Waals surface area (Å²) in [6, 6.07) is 10.7. The normalized spacial score (nSPS) is 18.3. The van der Waals surface area contributed by atoms with E-state index < -0.39 is 5.91 Å². The number of amidine groups is 2. The highest BCUT2D eigenvalue weighted by molar-refractivity contribution is 8.27. The quantitative estimate of drug-likeness (QED) is 0.825. The first-order valence-corrected chi connectivity index (χ1v) is 8.47. The van der Waals surface area contributed by atoms with Gasteiger partial charge in [-0.3, -0.25) is 15.2 Å². The molecule has 0 radical (unpaired) electrons. The van der Waals surface area contributed by atoms with Crippen molar-refractivity contribution in [2.45, 2.75) is 0 Å². The average Bonchev–Trinajstić information content (AvgIpc) is 3.05. The van der Waals surface area contributed by atoms with E-state index in [2.05, 4.69) is 15.1 Å². The Bertz CT molecular complexity index is 966. The van der Waals surface area contributed by atoms with Crippen molar-refractivity contribution in [2.75, 3.05) is 0 Å². The molecule has 0 aliphatic carbocycles. The summed E-state index contributed by atoms with van der Waals surface area (Å²) >= 11 is 7.12. The van der Waals surface area contributed by atoms with Crippen LogP contribution in [0.4, 0.5) is 0 Å². The van der Waals surface area contributed by atoms with E-state index in [1.807, 2.05) is 6.07 Å². The highest BCUT2D eigenvalue weighted by Gasteiger charge is 2.36. The van der Waals surface area contributed by atoms with Crippen molar-refractivity contribution in [3.8, 4) is 0 Å².